The summed E-state index contributed by atoms with van der Waals surface area (Å²) in [5.41, 5.74) is -0.979. The van der Waals surface area contributed by atoms with Gasteiger partial charge in [-0.2, -0.15) is 0 Å². The van der Waals surface area contributed by atoms with E-state index < -0.39 is 5.67 Å². The Balaban J connectivity index is 1.76. The number of rotatable bonds is 8. The van der Waals surface area contributed by atoms with Gasteiger partial charge in [0.1, 0.15) is 5.67 Å². The van der Waals surface area contributed by atoms with Crippen LogP contribution in [0, 0.1) is 0 Å². The molecule has 0 radical (unpaired) electrons. The van der Waals surface area contributed by atoms with E-state index in [1.807, 2.05) is 0 Å². The molecule has 1 amide bonds. The third kappa shape index (κ3) is 6.76. The second-order valence-corrected chi connectivity index (χ2v) is 7.77. The molecule has 0 unspecified atom stereocenters. The first-order chi connectivity index (χ1) is 11.9. The number of carbonyl (C=O) groups is 1. The number of benzene rings is 1. The number of nitrogens with zero attached hydrogens (tertiary/aromatic N) is 1. The van der Waals surface area contributed by atoms with Gasteiger partial charge in [0.2, 0.25) is 0 Å². The molecule has 0 bridgehead atoms. The van der Waals surface area contributed by atoms with E-state index >= 15 is 0 Å². The highest BCUT2D eigenvalue weighted by molar-refractivity contribution is 6.35. The minimum absolute atomic E-state index is 0.0274. The fourth-order valence-corrected chi connectivity index (χ4v) is 3.67. The van der Waals surface area contributed by atoms with Crippen LogP contribution in [0.1, 0.15) is 55.8 Å². The second kappa shape index (κ2) is 9.75. The lowest BCUT2D eigenvalue weighted by Gasteiger charge is -2.36. The van der Waals surface area contributed by atoms with Gasteiger partial charge in [-0.05, 0) is 44.0 Å². The minimum Gasteiger partial charge on any atom is -0.349 e. The van der Waals surface area contributed by atoms with E-state index in [4.69, 9.17) is 23.2 Å². The number of hydrogen-bond donors (Lipinski definition) is 1. The van der Waals surface area contributed by atoms with Gasteiger partial charge in [-0.1, -0.05) is 49.4 Å². The van der Waals surface area contributed by atoms with E-state index in [2.05, 4.69) is 17.1 Å². The first-order valence-corrected chi connectivity index (χ1v) is 9.83. The van der Waals surface area contributed by atoms with E-state index in [9.17, 15) is 9.18 Å². The summed E-state index contributed by atoms with van der Waals surface area (Å²) in [4.78, 5) is 14.5. The molecule has 0 aliphatic carbocycles. The van der Waals surface area contributed by atoms with Crippen LogP contribution in [0.2, 0.25) is 10.0 Å². The van der Waals surface area contributed by atoms with Crippen molar-refractivity contribution in [3.05, 3.63) is 33.8 Å². The van der Waals surface area contributed by atoms with Crippen molar-refractivity contribution in [3.63, 3.8) is 0 Å². The van der Waals surface area contributed by atoms with Gasteiger partial charge in [0.15, 0.2) is 0 Å². The number of likely N-dealkylation sites (tertiary alicyclic amines) is 1. The molecule has 0 atom stereocenters. The fourth-order valence-electron chi connectivity index (χ4n) is 3.14. The number of alkyl halides is 1. The molecule has 1 N–H and O–H groups in total. The van der Waals surface area contributed by atoms with Crippen LogP contribution in [-0.4, -0.2) is 42.7 Å². The first kappa shape index (κ1) is 20.5. The van der Waals surface area contributed by atoms with Gasteiger partial charge >= 0.3 is 0 Å². The Kier molecular flexibility index (Phi) is 7.98. The number of unbranched alkanes of at least 4 members (excludes halogenated alkanes) is 3. The zero-order valence-corrected chi connectivity index (χ0v) is 16.3. The third-order valence-electron chi connectivity index (χ3n) is 4.77. The maximum absolute atomic E-state index is 14.9. The van der Waals surface area contributed by atoms with Gasteiger partial charge < -0.3 is 10.2 Å². The summed E-state index contributed by atoms with van der Waals surface area (Å²) in [6.07, 6.45) is 5.83. The van der Waals surface area contributed by atoms with Crippen LogP contribution in [0.5, 0.6) is 0 Å². The van der Waals surface area contributed by atoms with Crippen LogP contribution >= 0.6 is 23.2 Å². The van der Waals surface area contributed by atoms with E-state index in [1.54, 1.807) is 6.07 Å². The molecule has 1 heterocycles. The highest BCUT2D eigenvalue weighted by atomic mass is 35.5. The maximum atomic E-state index is 14.9. The molecule has 3 nitrogen and oxygen atoms in total. The predicted octanol–water partition coefficient (Wildman–Crippen LogP) is 5.11. The summed E-state index contributed by atoms with van der Waals surface area (Å²) in [7, 11) is 0. The van der Waals surface area contributed by atoms with Crippen molar-refractivity contribution < 1.29 is 9.18 Å². The van der Waals surface area contributed by atoms with Crippen LogP contribution in [0.3, 0.4) is 0 Å². The number of carbonyl (C=O) groups excluding carboxylic acids is 1. The summed E-state index contributed by atoms with van der Waals surface area (Å²) in [5.74, 6) is -0.344. The largest absolute Gasteiger partial charge is 0.349 e. The smallest absolute Gasteiger partial charge is 0.251 e. The Labute approximate surface area is 159 Å². The number of hydrogen-bond acceptors (Lipinski definition) is 2. The van der Waals surface area contributed by atoms with E-state index in [0.717, 1.165) is 19.6 Å². The highest BCUT2D eigenvalue weighted by Gasteiger charge is 2.34. The number of halogens is 3. The first-order valence-electron chi connectivity index (χ1n) is 9.07. The molecule has 1 aromatic rings. The molecule has 25 heavy (non-hydrogen) atoms. The van der Waals surface area contributed by atoms with Crippen LogP contribution in [0.25, 0.3) is 0 Å². The quantitative estimate of drug-likeness (QED) is 0.627. The summed E-state index contributed by atoms with van der Waals surface area (Å²) in [6.45, 7) is 4.77. The Morgan fingerprint density at radius 2 is 1.80 bits per heavy atom. The molecule has 1 aromatic carbocycles. The zero-order chi connectivity index (χ0) is 18.3. The standard InChI is InChI=1S/C19H27Cl2FN2O/c1-2-3-4-5-8-24-9-6-19(22,7-10-24)14-23-18(25)15-11-16(20)13-17(21)12-15/h11-13H,2-10,14H2,1H3,(H,23,25). The van der Waals surface area contributed by atoms with Gasteiger partial charge in [-0.25, -0.2) is 4.39 Å². The molecule has 1 fully saturated rings. The summed E-state index contributed by atoms with van der Waals surface area (Å²) in [5, 5.41) is 3.47. The van der Waals surface area contributed by atoms with E-state index in [1.165, 1.54) is 37.8 Å². The molecular weight excluding hydrogens is 362 g/mol. The summed E-state index contributed by atoms with van der Waals surface area (Å²) < 4.78 is 14.9. The normalized spacial score (nSPS) is 17.4. The average molecular weight is 389 g/mol. The van der Waals surface area contributed by atoms with Crippen LogP contribution in [-0.2, 0) is 0 Å². The van der Waals surface area contributed by atoms with Crippen LogP contribution in [0.15, 0.2) is 18.2 Å². The lowest BCUT2D eigenvalue weighted by molar-refractivity contribution is 0.0539. The number of amides is 1. The molecule has 140 valence electrons. The number of piperidine rings is 1. The van der Waals surface area contributed by atoms with E-state index in [0.29, 0.717) is 28.5 Å². The van der Waals surface area contributed by atoms with Gasteiger partial charge in [-0.3, -0.25) is 4.79 Å². The Bertz CT molecular complexity index is 554. The molecule has 1 aliphatic rings. The lowest BCUT2D eigenvalue weighted by atomic mass is 9.93. The van der Waals surface area contributed by atoms with Crippen molar-refractivity contribution in [1.82, 2.24) is 10.2 Å². The molecule has 0 aromatic heterocycles. The van der Waals surface area contributed by atoms with Crippen molar-refractivity contribution >= 4 is 29.1 Å². The van der Waals surface area contributed by atoms with Crippen molar-refractivity contribution in [2.75, 3.05) is 26.2 Å². The minimum atomic E-state index is -1.34. The van der Waals surface area contributed by atoms with Crippen molar-refractivity contribution in [2.24, 2.45) is 0 Å². The average Bonchev–Trinajstić information content (AvgIpc) is 2.57. The topological polar surface area (TPSA) is 32.3 Å². The third-order valence-corrected chi connectivity index (χ3v) is 5.21. The molecule has 0 spiro atoms. The molecule has 6 heteroatoms. The predicted molar refractivity (Wildman–Crippen MR) is 102 cm³/mol. The lowest BCUT2D eigenvalue weighted by Crippen LogP contribution is -2.48. The Morgan fingerprint density at radius 3 is 2.40 bits per heavy atom. The fraction of sp³-hybridized carbons (Fsp3) is 0.632. The van der Waals surface area contributed by atoms with E-state index in [-0.39, 0.29) is 12.5 Å². The molecule has 1 saturated heterocycles. The van der Waals surface area contributed by atoms with Crippen LogP contribution in [0.4, 0.5) is 4.39 Å². The highest BCUT2D eigenvalue weighted by Crippen LogP contribution is 2.26. The van der Waals surface area contributed by atoms with Gasteiger partial charge in [-0.15, -0.1) is 0 Å². The Morgan fingerprint density at radius 1 is 1.16 bits per heavy atom. The summed E-state index contributed by atoms with van der Waals surface area (Å²) in [6, 6.07) is 4.63. The zero-order valence-electron chi connectivity index (χ0n) is 14.8. The van der Waals surface area contributed by atoms with Crippen molar-refractivity contribution in [1.29, 1.82) is 0 Å². The van der Waals surface area contributed by atoms with Gasteiger partial charge in [0, 0.05) is 28.7 Å². The Hall–Kier alpha value is -0.840. The van der Waals surface area contributed by atoms with Gasteiger partial charge in [0.05, 0.1) is 6.54 Å². The van der Waals surface area contributed by atoms with Crippen molar-refractivity contribution in [2.45, 2.75) is 51.1 Å². The summed E-state index contributed by atoms with van der Waals surface area (Å²) >= 11 is 11.8. The maximum Gasteiger partial charge on any atom is 0.251 e. The molecular formula is C19H27Cl2FN2O. The molecule has 0 saturated carbocycles. The second-order valence-electron chi connectivity index (χ2n) is 6.89. The van der Waals surface area contributed by atoms with Crippen LogP contribution < -0.4 is 5.32 Å². The molecule has 1 aliphatic heterocycles. The SMILES string of the molecule is CCCCCCN1CCC(F)(CNC(=O)c2cc(Cl)cc(Cl)c2)CC1. The van der Waals surface area contributed by atoms with Gasteiger partial charge in [0.25, 0.3) is 5.91 Å². The van der Waals surface area contributed by atoms with Crippen molar-refractivity contribution in [3.8, 4) is 0 Å². The monoisotopic (exact) mass is 388 g/mol. The number of nitrogens with one attached hydrogen (secondary N) is 1. The molecule has 2 rings (SSSR count).